The standard InChI is InChI=1S/C20H16FN7OS/c1-10-8-30-20-27-16(11(2)26-18-14(7-22)17(23)24-9-25-18)15(19(29)28(10)20)12-4-3-5-13(21)6-12/h3-6,8-9,11H,1-2H3,(H3,23,24,25,26)/t11-/m0/s1. The molecular formula is C20H16FN7OS. The minimum absolute atomic E-state index is 0.0462. The molecule has 0 amide bonds. The van der Waals surface area contributed by atoms with E-state index in [-0.39, 0.29) is 28.3 Å². The zero-order valence-corrected chi connectivity index (χ0v) is 16.9. The summed E-state index contributed by atoms with van der Waals surface area (Å²) in [7, 11) is 0. The van der Waals surface area contributed by atoms with Crippen LogP contribution in [0, 0.1) is 24.1 Å². The molecule has 4 rings (SSSR count). The smallest absolute Gasteiger partial charge is 0.266 e. The number of rotatable bonds is 4. The predicted octanol–water partition coefficient (Wildman–Crippen LogP) is 3.29. The quantitative estimate of drug-likeness (QED) is 0.518. The van der Waals surface area contributed by atoms with Gasteiger partial charge < -0.3 is 11.1 Å². The molecule has 10 heteroatoms. The van der Waals surface area contributed by atoms with E-state index < -0.39 is 11.9 Å². The van der Waals surface area contributed by atoms with Crippen molar-refractivity contribution in [1.29, 1.82) is 5.26 Å². The molecule has 3 aromatic heterocycles. The molecule has 0 saturated heterocycles. The van der Waals surface area contributed by atoms with E-state index in [9.17, 15) is 14.4 Å². The summed E-state index contributed by atoms with van der Waals surface area (Å²) in [5, 5.41) is 14.3. The van der Waals surface area contributed by atoms with E-state index in [2.05, 4.69) is 20.3 Å². The van der Waals surface area contributed by atoms with Crippen LogP contribution < -0.4 is 16.6 Å². The Hall–Kier alpha value is -3.84. The Balaban J connectivity index is 1.92. The number of halogens is 1. The van der Waals surface area contributed by atoms with Gasteiger partial charge in [0.1, 0.15) is 35.4 Å². The third-order valence-electron chi connectivity index (χ3n) is 4.63. The number of hydrogen-bond donors (Lipinski definition) is 2. The highest BCUT2D eigenvalue weighted by Crippen LogP contribution is 2.29. The first-order valence-corrected chi connectivity index (χ1v) is 9.82. The molecule has 0 unspecified atom stereocenters. The number of aryl methyl sites for hydroxylation is 1. The van der Waals surface area contributed by atoms with Crippen LogP contribution in [0.1, 0.15) is 29.9 Å². The fourth-order valence-electron chi connectivity index (χ4n) is 3.22. The van der Waals surface area contributed by atoms with E-state index in [0.29, 0.717) is 16.2 Å². The molecule has 30 heavy (non-hydrogen) atoms. The Bertz CT molecular complexity index is 1370. The normalized spacial score (nSPS) is 11.9. The third-order valence-corrected chi connectivity index (χ3v) is 5.58. The van der Waals surface area contributed by atoms with E-state index in [1.54, 1.807) is 19.1 Å². The van der Waals surface area contributed by atoms with Gasteiger partial charge in [0, 0.05) is 11.1 Å². The SMILES string of the molecule is Cc1csc2nc([C@H](C)Nc3ncnc(N)c3C#N)c(-c3cccc(F)c3)c(=O)n12. The molecule has 0 bridgehead atoms. The number of thiazole rings is 1. The van der Waals surface area contributed by atoms with Crippen molar-refractivity contribution in [2.24, 2.45) is 0 Å². The molecule has 0 aliphatic carbocycles. The second kappa shape index (κ2) is 7.53. The highest BCUT2D eigenvalue weighted by atomic mass is 32.1. The summed E-state index contributed by atoms with van der Waals surface area (Å²) in [6.07, 6.45) is 1.24. The van der Waals surface area contributed by atoms with Crippen molar-refractivity contribution in [3.05, 3.63) is 69.1 Å². The average Bonchev–Trinajstić information content (AvgIpc) is 3.09. The second-order valence-corrected chi connectivity index (χ2v) is 7.48. The van der Waals surface area contributed by atoms with Crippen molar-refractivity contribution in [2.45, 2.75) is 19.9 Å². The Kier molecular flexibility index (Phi) is 4.89. The molecule has 1 atom stereocenters. The van der Waals surface area contributed by atoms with Crippen LogP contribution in [-0.2, 0) is 0 Å². The van der Waals surface area contributed by atoms with Crippen LogP contribution in [-0.4, -0.2) is 19.4 Å². The average molecular weight is 421 g/mol. The van der Waals surface area contributed by atoms with Crippen LogP contribution in [0.3, 0.4) is 0 Å². The largest absolute Gasteiger partial charge is 0.382 e. The molecular weight excluding hydrogens is 405 g/mol. The van der Waals surface area contributed by atoms with Crippen molar-refractivity contribution in [3.8, 4) is 17.2 Å². The maximum atomic E-state index is 13.9. The number of aromatic nitrogens is 4. The first-order chi connectivity index (χ1) is 14.4. The number of nitrogens with two attached hydrogens (primary N) is 1. The summed E-state index contributed by atoms with van der Waals surface area (Å²) < 4.78 is 15.4. The zero-order chi connectivity index (χ0) is 21.4. The molecule has 0 fully saturated rings. The lowest BCUT2D eigenvalue weighted by Gasteiger charge is -2.18. The molecule has 0 spiro atoms. The summed E-state index contributed by atoms with van der Waals surface area (Å²) in [5.74, 6) is -0.182. The van der Waals surface area contributed by atoms with Crippen LogP contribution in [0.5, 0.6) is 0 Å². The molecule has 0 aliphatic heterocycles. The van der Waals surface area contributed by atoms with Crippen LogP contribution in [0.15, 0.2) is 40.8 Å². The number of nitrogen functional groups attached to an aromatic ring is 1. The molecule has 0 saturated carbocycles. The topological polar surface area (TPSA) is 122 Å². The van der Waals surface area contributed by atoms with Gasteiger partial charge in [0.2, 0.25) is 0 Å². The lowest BCUT2D eigenvalue weighted by molar-refractivity contribution is 0.628. The predicted molar refractivity (Wildman–Crippen MR) is 113 cm³/mol. The Morgan fingerprint density at radius 2 is 2.17 bits per heavy atom. The molecule has 3 N–H and O–H groups in total. The zero-order valence-electron chi connectivity index (χ0n) is 16.0. The van der Waals surface area contributed by atoms with E-state index in [1.807, 2.05) is 18.4 Å². The summed E-state index contributed by atoms with van der Waals surface area (Å²) >= 11 is 1.34. The molecule has 0 aliphatic rings. The van der Waals surface area contributed by atoms with Crippen LogP contribution >= 0.6 is 11.3 Å². The van der Waals surface area contributed by atoms with Crippen LogP contribution in [0.2, 0.25) is 0 Å². The monoisotopic (exact) mass is 421 g/mol. The Labute approximate surface area is 174 Å². The number of nitrogens with one attached hydrogen (secondary N) is 1. The Morgan fingerprint density at radius 3 is 2.90 bits per heavy atom. The van der Waals surface area contributed by atoms with Gasteiger partial charge in [0.25, 0.3) is 5.56 Å². The van der Waals surface area contributed by atoms with Crippen molar-refractivity contribution in [2.75, 3.05) is 11.1 Å². The summed E-state index contributed by atoms with van der Waals surface area (Å²) in [6, 6.07) is 7.25. The summed E-state index contributed by atoms with van der Waals surface area (Å²) in [4.78, 5) is 26.5. The van der Waals surface area contributed by atoms with Crippen LogP contribution in [0.4, 0.5) is 16.0 Å². The van der Waals surface area contributed by atoms with Gasteiger partial charge in [0.15, 0.2) is 4.96 Å². The second-order valence-electron chi connectivity index (χ2n) is 6.64. The third kappa shape index (κ3) is 3.25. The lowest BCUT2D eigenvalue weighted by atomic mass is 10.0. The molecule has 3 heterocycles. The number of anilines is 2. The van der Waals surface area contributed by atoms with Gasteiger partial charge in [-0.15, -0.1) is 11.3 Å². The number of nitrogens with zero attached hydrogens (tertiary/aromatic N) is 5. The highest BCUT2D eigenvalue weighted by Gasteiger charge is 2.23. The van der Waals surface area contributed by atoms with Gasteiger partial charge in [0.05, 0.1) is 17.3 Å². The van der Waals surface area contributed by atoms with Gasteiger partial charge in [-0.1, -0.05) is 12.1 Å². The molecule has 8 nitrogen and oxygen atoms in total. The van der Waals surface area contributed by atoms with Crippen molar-refractivity contribution in [3.63, 3.8) is 0 Å². The Morgan fingerprint density at radius 1 is 1.37 bits per heavy atom. The first kappa shape index (κ1) is 19.5. The van der Waals surface area contributed by atoms with Crippen LogP contribution in [0.25, 0.3) is 16.1 Å². The van der Waals surface area contributed by atoms with Gasteiger partial charge in [-0.3, -0.25) is 9.20 Å². The summed E-state index contributed by atoms with van der Waals surface area (Å²) in [5.41, 5.74) is 7.41. The molecule has 150 valence electrons. The van der Waals surface area contributed by atoms with Crippen molar-refractivity contribution < 1.29 is 4.39 Å². The number of nitriles is 1. The number of benzene rings is 1. The maximum absolute atomic E-state index is 13.9. The van der Waals surface area contributed by atoms with E-state index >= 15 is 0 Å². The summed E-state index contributed by atoms with van der Waals surface area (Å²) in [6.45, 7) is 3.59. The fraction of sp³-hybridized carbons (Fsp3) is 0.150. The van der Waals surface area contributed by atoms with E-state index in [0.717, 1.165) is 5.69 Å². The number of fused-ring (bicyclic) bond motifs is 1. The van der Waals surface area contributed by atoms with Crippen molar-refractivity contribution >= 4 is 27.9 Å². The minimum Gasteiger partial charge on any atom is -0.382 e. The van der Waals surface area contributed by atoms with Gasteiger partial charge >= 0.3 is 0 Å². The van der Waals surface area contributed by atoms with E-state index in [4.69, 9.17) is 5.73 Å². The highest BCUT2D eigenvalue weighted by molar-refractivity contribution is 7.15. The minimum atomic E-state index is -0.537. The first-order valence-electron chi connectivity index (χ1n) is 8.94. The van der Waals surface area contributed by atoms with Gasteiger partial charge in [-0.05, 0) is 31.5 Å². The maximum Gasteiger partial charge on any atom is 0.266 e. The lowest BCUT2D eigenvalue weighted by Crippen LogP contribution is -2.23. The molecule has 0 radical (unpaired) electrons. The van der Waals surface area contributed by atoms with E-state index in [1.165, 1.54) is 34.2 Å². The van der Waals surface area contributed by atoms with Gasteiger partial charge in [-0.2, -0.15) is 5.26 Å². The number of hydrogen-bond acceptors (Lipinski definition) is 8. The molecule has 1 aromatic carbocycles. The fourth-order valence-corrected chi connectivity index (χ4v) is 4.08. The molecule has 4 aromatic rings. The van der Waals surface area contributed by atoms with Gasteiger partial charge in [-0.25, -0.2) is 19.3 Å². The van der Waals surface area contributed by atoms with Crippen molar-refractivity contribution in [1.82, 2.24) is 19.4 Å².